The van der Waals surface area contributed by atoms with Gasteiger partial charge in [0.15, 0.2) is 12.4 Å². The maximum atomic E-state index is 10.8. The molecule has 0 fully saturated rings. The largest absolute Gasteiger partial charge is 0.619 e. The minimum Gasteiger partial charge on any atom is -0.619 e. The molecule has 1 heterocycles. The fourth-order valence-corrected chi connectivity index (χ4v) is 1.02. The summed E-state index contributed by atoms with van der Waals surface area (Å²) in [7, 11) is 1.92. The molecule has 1 N–H and O–H groups in total. The van der Waals surface area contributed by atoms with Crippen molar-refractivity contribution >= 4 is 6.08 Å². The third-order valence-corrected chi connectivity index (χ3v) is 1.67. The highest BCUT2D eigenvalue weighted by Gasteiger charge is 1.90. The summed E-state index contributed by atoms with van der Waals surface area (Å²) in [5, 5.41) is 13.9. The first-order valence-corrected chi connectivity index (χ1v) is 4.33. The molecule has 0 aliphatic carbocycles. The molecule has 3 heteroatoms. The van der Waals surface area contributed by atoms with Crippen molar-refractivity contribution in [1.82, 2.24) is 5.32 Å². The van der Waals surface area contributed by atoms with Crippen molar-refractivity contribution < 1.29 is 4.73 Å². The van der Waals surface area contributed by atoms with Crippen LogP contribution in [0.3, 0.4) is 0 Å². The molecule has 1 rings (SSSR count). The van der Waals surface area contributed by atoms with Gasteiger partial charge < -0.3 is 10.5 Å². The fraction of sp³-hybridized carbons (Fsp3) is 0.300. The molecular weight excluding hydrogens is 164 g/mol. The first-order valence-electron chi connectivity index (χ1n) is 4.33. The molecule has 0 saturated heterocycles. The molecule has 0 amide bonds. The number of aromatic nitrogens is 1. The van der Waals surface area contributed by atoms with Gasteiger partial charge >= 0.3 is 0 Å². The Kier molecular flexibility index (Phi) is 3.99. The summed E-state index contributed by atoms with van der Waals surface area (Å²) in [4.78, 5) is 0. The summed E-state index contributed by atoms with van der Waals surface area (Å²) in [5.74, 6) is 0. The van der Waals surface area contributed by atoms with Crippen LogP contribution < -0.4 is 10.0 Å². The number of rotatable bonds is 4. The van der Waals surface area contributed by atoms with E-state index in [2.05, 4.69) is 5.32 Å². The number of pyridine rings is 1. The fourth-order valence-electron chi connectivity index (χ4n) is 1.02. The molecule has 0 aliphatic heterocycles. The van der Waals surface area contributed by atoms with Gasteiger partial charge in [-0.3, -0.25) is 0 Å². The zero-order valence-corrected chi connectivity index (χ0v) is 7.73. The lowest BCUT2D eigenvalue weighted by atomic mass is 10.2. The van der Waals surface area contributed by atoms with Crippen LogP contribution >= 0.6 is 0 Å². The molecule has 0 atom stereocenters. The van der Waals surface area contributed by atoms with Crippen molar-refractivity contribution in [3.63, 3.8) is 0 Å². The van der Waals surface area contributed by atoms with E-state index in [4.69, 9.17) is 0 Å². The predicted molar refractivity (Wildman–Crippen MR) is 53.0 cm³/mol. The molecule has 70 valence electrons. The lowest BCUT2D eigenvalue weighted by Gasteiger charge is -1.95. The second kappa shape index (κ2) is 5.32. The van der Waals surface area contributed by atoms with Crippen LogP contribution in [0, 0.1) is 5.21 Å². The van der Waals surface area contributed by atoms with Crippen molar-refractivity contribution in [2.45, 2.75) is 6.42 Å². The Morgan fingerprint density at radius 2 is 2.46 bits per heavy atom. The van der Waals surface area contributed by atoms with Crippen LogP contribution in [0.2, 0.25) is 0 Å². The van der Waals surface area contributed by atoms with Crippen molar-refractivity contribution in [2.24, 2.45) is 0 Å². The van der Waals surface area contributed by atoms with E-state index in [1.165, 1.54) is 6.20 Å². The number of nitrogens with zero attached hydrogens (tertiary/aromatic N) is 1. The number of hydrogen-bond donors (Lipinski definition) is 1. The summed E-state index contributed by atoms with van der Waals surface area (Å²) < 4.78 is 0.803. The van der Waals surface area contributed by atoms with E-state index < -0.39 is 0 Å². The van der Waals surface area contributed by atoms with Gasteiger partial charge in [0.05, 0.1) is 0 Å². The minimum absolute atomic E-state index is 0.803. The van der Waals surface area contributed by atoms with Crippen molar-refractivity contribution in [3.8, 4) is 0 Å². The Labute approximate surface area is 78.3 Å². The standard InChI is InChI=1S/C10H14N2O/c1-11-7-3-2-5-10-6-4-8-12(13)9-10/h2,4-6,8-9,11H,3,7H2,1H3. The highest BCUT2D eigenvalue weighted by molar-refractivity contribution is 5.46. The van der Waals surface area contributed by atoms with E-state index in [1.54, 1.807) is 12.3 Å². The van der Waals surface area contributed by atoms with Crippen molar-refractivity contribution in [2.75, 3.05) is 13.6 Å². The van der Waals surface area contributed by atoms with Crippen LogP contribution in [0.15, 0.2) is 30.6 Å². The van der Waals surface area contributed by atoms with E-state index in [0.717, 1.165) is 23.3 Å². The van der Waals surface area contributed by atoms with Gasteiger partial charge in [0.25, 0.3) is 0 Å². The molecular formula is C10H14N2O. The first-order chi connectivity index (χ1) is 6.33. The minimum atomic E-state index is 0.803. The second-order valence-electron chi connectivity index (χ2n) is 2.79. The summed E-state index contributed by atoms with van der Waals surface area (Å²) >= 11 is 0. The molecule has 13 heavy (non-hydrogen) atoms. The maximum absolute atomic E-state index is 10.8. The van der Waals surface area contributed by atoms with Gasteiger partial charge in [-0.25, -0.2) is 0 Å². The normalized spacial score (nSPS) is 10.8. The average Bonchev–Trinajstić information content (AvgIpc) is 2.13. The van der Waals surface area contributed by atoms with Crippen molar-refractivity contribution in [3.05, 3.63) is 41.4 Å². The molecule has 0 aliphatic rings. The van der Waals surface area contributed by atoms with Crippen LogP contribution in [0.5, 0.6) is 0 Å². The van der Waals surface area contributed by atoms with Crippen LogP contribution in [-0.2, 0) is 0 Å². The third kappa shape index (κ3) is 3.71. The Bertz CT molecular complexity index is 284. The third-order valence-electron chi connectivity index (χ3n) is 1.67. The molecule has 1 aromatic rings. The van der Waals surface area contributed by atoms with Gasteiger partial charge in [0.1, 0.15) is 0 Å². The van der Waals surface area contributed by atoms with E-state index in [1.807, 2.05) is 25.3 Å². The smallest absolute Gasteiger partial charge is 0.187 e. The lowest BCUT2D eigenvalue weighted by molar-refractivity contribution is -0.605. The summed E-state index contributed by atoms with van der Waals surface area (Å²) in [6, 6.07) is 3.65. The molecule has 1 aromatic heterocycles. The SMILES string of the molecule is CNCCC=Cc1ccc[n+]([O-])c1. The van der Waals surface area contributed by atoms with Crippen LogP contribution in [0.25, 0.3) is 6.08 Å². The quantitative estimate of drug-likeness (QED) is 0.423. The molecule has 3 nitrogen and oxygen atoms in total. The summed E-state index contributed by atoms with van der Waals surface area (Å²) in [5.41, 5.74) is 0.939. The molecule has 0 bridgehead atoms. The second-order valence-corrected chi connectivity index (χ2v) is 2.79. The van der Waals surface area contributed by atoms with Gasteiger partial charge in [-0.1, -0.05) is 12.2 Å². The zero-order chi connectivity index (χ0) is 9.52. The predicted octanol–water partition coefficient (Wildman–Crippen LogP) is 0.943. The molecule has 0 spiro atoms. The van der Waals surface area contributed by atoms with E-state index in [0.29, 0.717) is 0 Å². The Balaban J connectivity index is 2.48. The monoisotopic (exact) mass is 178 g/mol. The highest BCUT2D eigenvalue weighted by Crippen LogP contribution is 1.98. The Morgan fingerprint density at radius 1 is 1.62 bits per heavy atom. The zero-order valence-electron chi connectivity index (χ0n) is 7.73. The molecule has 0 unspecified atom stereocenters. The summed E-state index contributed by atoms with van der Waals surface area (Å²) in [6.07, 6.45) is 8.00. The number of nitrogens with one attached hydrogen (secondary N) is 1. The first kappa shape index (κ1) is 9.74. The Morgan fingerprint density at radius 3 is 3.15 bits per heavy atom. The van der Waals surface area contributed by atoms with E-state index in [9.17, 15) is 5.21 Å². The van der Waals surface area contributed by atoms with Crippen LogP contribution in [0.1, 0.15) is 12.0 Å². The van der Waals surface area contributed by atoms with Crippen LogP contribution in [0.4, 0.5) is 0 Å². The van der Waals surface area contributed by atoms with Crippen LogP contribution in [-0.4, -0.2) is 13.6 Å². The molecule has 0 aromatic carbocycles. The lowest BCUT2D eigenvalue weighted by Crippen LogP contribution is -2.24. The van der Waals surface area contributed by atoms with Gasteiger partial charge in [-0.15, -0.1) is 0 Å². The topological polar surface area (TPSA) is 39.0 Å². The van der Waals surface area contributed by atoms with Gasteiger partial charge in [0.2, 0.25) is 0 Å². The van der Waals surface area contributed by atoms with Crippen molar-refractivity contribution in [1.29, 1.82) is 0 Å². The maximum Gasteiger partial charge on any atom is 0.187 e. The Hall–Kier alpha value is -1.35. The molecule has 0 radical (unpaired) electrons. The number of hydrogen-bond acceptors (Lipinski definition) is 2. The highest BCUT2D eigenvalue weighted by atomic mass is 16.5. The van der Waals surface area contributed by atoms with Gasteiger partial charge in [-0.2, -0.15) is 4.73 Å². The van der Waals surface area contributed by atoms with Gasteiger partial charge in [0, 0.05) is 11.6 Å². The summed E-state index contributed by atoms with van der Waals surface area (Å²) in [6.45, 7) is 0.959. The average molecular weight is 178 g/mol. The van der Waals surface area contributed by atoms with Gasteiger partial charge in [-0.05, 0) is 26.1 Å². The van der Waals surface area contributed by atoms with E-state index in [-0.39, 0.29) is 0 Å². The molecule has 0 saturated carbocycles. The van der Waals surface area contributed by atoms with E-state index >= 15 is 0 Å².